The van der Waals surface area contributed by atoms with Gasteiger partial charge in [0.05, 0.1) is 0 Å². The van der Waals surface area contributed by atoms with Gasteiger partial charge in [0.2, 0.25) is 0 Å². The third-order valence-electron chi connectivity index (χ3n) is 3.87. The molecule has 1 aliphatic rings. The number of rotatable bonds is 5. The Morgan fingerprint density at radius 1 is 1.53 bits per heavy atom. The second-order valence-corrected chi connectivity index (χ2v) is 5.18. The van der Waals surface area contributed by atoms with Gasteiger partial charge in [-0.2, -0.15) is 0 Å². The average Bonchev–Trinajstić information content (AvgIpc) is 2.35. The maximum atomic E-state index is 12.2. The fourth-order valence-electron chi connectivity index (χ4n) is 2.32. The summed E-state index contributed by atoms with van der Waals surface area (Å²) in [4.78, 5) is 16.5. The minimum absolute atomic E-state index is 0.0481. The van der Waals surface area contributed by atoms with Crippen LogP contribution in [-0.4, -0.2) is 16.9 Å². The number of carbonyl (C=O) groups is 1. The summed E-state index contributed by atoms with van der Waals surface area (Å²) in [5, 5.41) is 3.07. The van der Waals surface area contributed by atoms with E-state index >= 15 is 0 Å². The first-order chi connectivity index (χ1) is 9.13. The van der Waals surface area contributed by atoms with Gasteiger partial charge in [0.15, 0.2) is 0 Å². The first kappa shape index (κ1) is 13.8. The summed E-state index contributed by atoms with van der Waals surface area (Å²) < 4.78 is 0. The number of nitrogen functional groups attached to an aromatic ring is 1. The second kappa shape index (κ2) is 6.02. The highest BCUT2D eigenvalue weighted by molar-refractivity contribution is 5.95. The predicted octanol–water partition coefficient (Wildman–Crippen LogP) is 1.85. The van der Waals surface area contributed by atoms with Crippen LogP contribution in [0.25, 0.3) is 0 Å². The number of hydrazine groups is 1. The Labute approximate surface area is 114 Å². The molecule has 19 heavy (non-hydrogen) atoms. The van der Waals surface area contributed by atoms with Gasteiger partial charge < -0.3 is 10.7 Å². The number of carbonyl (C=O) groups excluding carboxylic acids is 1. The third-order valence-corrected chi connectivity index (χ3v) is 3.87. The van der Waals surface area contributed by atoms with E-state index in [9.17, 15) is 4.79 Å². The van der Waals surface area contributed by atoms with E-state index in [2.05, 4.69) is 22.7 Å². The minimum atomic E-state index is -0.0481. The molecule has 1 saturated carbocycles. The number of hydrogen-bond donors (Lipinski definition) is 3. The molecule has 5 nitrogen and oxygen atoms in total. The molecule has 0 spiro atoms. The highest BCUT2D eigenvalue weighted by Gasteiger charge is 2.25. The normalized spacial score (nSPS) is 16.6. The number of anilines is 1. The molecule has 1 heterocycles. The smallest absolute Gasteiger partial charge is 0.251 e. The lowest BCUT2D eigenvalue weighted by atomic mass is 9.80. The lowest BCUT2D eigenvalue weighted by molar-refractivity contribution is 0.0909. The van der Waals surface area contributed by atoms with Crippen molar-refractivity contribution >= 4 is 11.7 Å². The van der Waals surface area contributed by atoms with Crippen LogP contribution in [0, 0.1) is 5.92 Å². The zero-order valence-corrected chi connectivity index (χ0v) is 11.6. The van der Waals surface area contributed by atoms with E-state index in [1.165, 1.54) is 19.3 Å². The summed E-state index contributed by atoms with van der Waals surface area (Å²) in [7, 11) is 0. The van der Waals surface area contributed by atoms with Crippen LogP contribution in [0.3, 0.4) is 0 Å². The summed E-state index contributed by atoms with van der Waals surface area (Å²) in [5.74, 6) is 6.49. The molecule has 1 aromatic heterocycles. The van der Waals surface area contributed by atoms with Crippen LogP contribution in [0.1, 0.15) is 49.2 Å². The lowest BCUT2D eigenvalue weighted by Gasteiger charge is -2.31. The van der Waals surface area contributed by atoms with Crippen molar-refractivity contribution < 1.29 is 4.79 Å². The number of nitrogens with one attached hydrogen (secondary N) is 2. The van der Waals surface area contributed by atoms with Crippen molar-refractivity contribution in [1.29, 1.82) is 0 Å². The summed E-state index contributed by atoms with van der Waals surface area (Å²) >= 11 is 0. The number of aryl methyl sites for hydroxylation is 1. The van der Waals surface area contributed by atoms with Gasteiger partial charge in [0.1, 0.15) is 5.82 Å². The predicted molar refractivity (Wildman–Crippen MR) is 75.7 cm³/mol. The summed E-state index contributed by atoms with van der Waals surface area (Å²) in [6.45, 7) is 4.08. The van der Waals surface area contributed by atoms with Crippen LogP contribution in [0.4, 0.5) is 5.82 Å². The van der Waals surface area contributed by atoms with Crippen molar-refractivity contribution in [3.8, 4) is 0 Å². The van der Waals surface area contributed by atoms with E-state index in [0.29, 0.717) is 17.3 Å². The Bertz CT molecular complexity index is 435. The fourth-order valence-corrected chi connectivity index (χ4v) is 2.32. The van der Waals surface area contributed by atoms with Gasteiger partial charge in [-0.05, 0) is 44.2 Å². The monoisotopic (exact) mass is 262 g/mol. The number of nitrogens with zero attached hydrogens (tertiary/aromatic N) is 1. The zero-order valence-electron chi connectivity index (χ0n) is 11.6. The van der Waals surface area contributed by atoms with Crippen molar-refractivity contribution in [3.63, 3.8) is 0 Å². The number of nitrogens with two attached hydrogens (primary N) is 1. The molecule has 1 aromatic rings. The standard InChI is InChI=1S/C14H22N4O/c1-3-12-7-11(8-13(17-12)18-15)14(19)16-9(2)10-5-4-6-10/h7-10H,3-6,15H2,1-2H3,(H,16,19)(H,17,18). The van der Waals surface area contributed by atoms with Gasteiger partial charge in [-0.15, -0.1) is 0 Å². The van der Waals surface area contributed by atoms with E-state index < -0.39 is 0 Å². The molecule has 1 unspecified atom stereocenters. The van der Waals surface area contributed by atoms with Crippen LogP contribution < -0.4 is 16.6 Å². The zero-order chi connectivity index (χ0) is 13.8. The molecule has 1 aliphatic carbocycles. The van der Waals surface area contributed by atoms with Crippen molar-refractivity contribution in [2.45, 2.75) is 45.6 Å². The van der Waals surface area contributed by atoms with Crippen LogP contribution >= 0.6 is 0 Å². The van der Waals surface area contributed by atoms with Gasteiger partial charge in [-0.1, -0.05) is 13.3 Å². The van der Waals surface area contributed by atoms with Crippen LogP contribution in [-0.2, 0) is 6.42 Å². The molecule has 1 atom stereocenters. The SMILES string of the molecule is CCc1cc(C(=O)NC(C)C2CCC2)cc(NN)n1. The molecule has 1 fully saturated rings. The highest BCUT2D eigenvalue weighted by Crippen LogP contribution is 2.29. The van der Waals surface area contributed by atoms with Crippen LogP contribution in [0.15, 0.2) is 12.1 Å². The Morgan fingerprint density at radius 3 is 2.79 bits per heavy atom. The van der Waals surface area contributed by atoms with Gasteiger partial charge in [0.25, 0.3) is 5.91 Å². The molecule has 4 N–H and O–H groups in total. The average molecular weight is 262 g/mol. The Kier molecular flexibility index (Phi) is 4.37. The topological polar surface area (TPSA) is 80.0 Å². The maximum Gasteiger partial charge on any atom is 0.251 e. The molecule has 104 valence electrons. The molecular formula is C14H22N4O. The van der Waals surface area contributed by atoms with Crippen molar-refractivity contribution in [3.05, 3.63) is 23.4 Å². The highest BCUT2D eigenvalue weighted by atomic mass is 16.1. The largest absolute Gasteiger partial charge is 0.349 e. The summed E-state index contributed by atoms with van der Waals surface area (Å²) in [5.41, 5.74) is 3.98. The van der Waals surface area contributed by atoms with E-state index in [0.717, 1.165) is 12.1 Å². The lowest BCUT2D eigenvalue weighted by Crippen LogP contribution is -2.40. The molecule has 0 bridgehead atoms. The molecule has 0 aliphatic heterocycles. The molecule has 0 aromatic carbocycles. The fraction of sp³-hybridized carbons (Fsp3) is 0.571. The van der Waals surface area contributed by atoms with Crippen LogP contribution in [0.5, 0.6) is 0 Å². The molecular weight excluding hydrogens is 240 g/mol. The van der Waals surface area contributed by atoms with E-state index in [-0.39, 0.29) is 11.9 Å². The summed E-state index contributed by atoms with van der Waals surface area (Å²) in [6.07, 6.45) is 4.48. The Balaban J connectivity index is 2.08. The number of amides is 1. The van der Waals surface area contributed by atoms with Gasteiger partial charge >= 0.3 is 0 Å². The number of pyridine rings is 1. The molecule has 5 heteroatoms. The minimum Gasteiger partial charge on any atom is -0.349 e. The number of hydrogen-bond acceptors (Lipinski definition) is 4. The third kappa shape index (κ3) is 3.23. The van der Waals surface area contributed by atoms with Crippen molar-refractivity contribution in [2.75, 3.05) is 5.43 Å². The quantitative estimate of drug-likeness (QED) is 0.559. The second-order valence-electron chi connectivity index (χ2n) is 5.18. The maximum absolute atomic E-state index is 12.2. The van der Waals surface area contributed by atoms with Crippen molar-refractivity contribution in [2.24, 2.45) is 11.8 Å². The van der Waals surface area contributed by atoms with Gasteiger partial charge in [-0.25, -0.2) is 10.8 Å². The molecule has 0 radical (unpaired) electrons. The first-order valence-electron chi connectivity index (χ1n) is 6.92. The van der Waals surface area contributed by atoms with Crippen molar-refractivity contribution in [1.82, 2.24) is 10.3 Å². The molecule has 2 rings (SSSR count). The van der Waals surface area contributed by atoms with Gasteiger partial charge in [0, 0.05) is 17.3 Å². The van der Waals surface area contributed by atoms with Crippen LogP contribution in [0.2, 0.25) is 0 Å². The van der Waals surface area contributed by atoms with Gasteiger partial charge in [-0.3, -0.25) is 4.79 Å². The number of aromatic nitrogens is 1. The van der Waals surface area contributed by atoms with E-state index in [4.69, 9.17) is 5.84 Å². The first-order valence-corrected chi connectivity index (χ1v) is 6.92. The summed E-state index contributed by atoms with van der Waals surface area (Å²) in [6, 6.07) is 3.74. The molecule has 0 saturated heterocycles. The molecule has 1 amide bonds. The van der Waals surface area contributed by atoms with E-state index in [1.807, 2.05) is 13.0 Å². The Morgan fingerprint density at radius 2 is 2.26 bits per heavy atom. The van der Waals surface area contributed by atoms with E-state index in [1.54, 1.807) is 6.07 Å². The Hall–Kier alpha value is -1.62.